The number of esters is 3. The molecule has 3 saturated carbocycles. The highest BCUT2D eigenvalue weighted by atomic mass is 16.5. The fourth-order valence-corrected chi connectivity index (χ4v) is 7.11. The highest BCUT2D eigenvalue weighted by molar-refractivity contribution is 5.89. The van der Waals surface area contributed by atoms with E-state index in [0.29, 0.717) is 31.2 Å². The molecule has 0 unspecified atom stereocenters. The zero-order chi connectivity index (χ0) is 25.4. The normalized spacial score (nSPS) is 36.7. The molecule has 3 aliphatic carbocycles. The van der Waals surface area contributed by atoms with Crippen LogP contribution in [0.2, 0.25) is 0 Å². The Balaban J connectivity index is 1.56. The van der Waals surface area contributed by atoms with Crippen LogP contribution >= 0.6 is 0 Å². The molecule has 0 bridgehead atoms. The number of fused-ring (bicyclic) bond motifs is 1. The Morgan fingerprint density at radius 1 is 0.914 bits per heavy atom. The van der Waals surface area contributed by atoms with E-state index in [1.54, 1.807) is 12.1 Å². The van der Waals surface area contributed by atoms with E-state index in [2.05, 4.69) is 6.92 Å². The second-order valence-electron chi connectivity index (χ2n) is 11.0. The van der Waals surface area contributed by atoms with Crippen molar-refractivity contribution < 1.29 is 33.4 Å². The van der Waals surface area contributed by atoms with Crippen molar-refractivity contribution in [3.8, 4) is 0 Å². The third-order valence-electron chi connectivity index (χ3n) is 9.10. The van der Waals surface area contributed by atoms with E-state index in [9.17, 15) is 19.2 Å². The minimum atomic E-state index is -0.685. The van der Waals surface area contributed by atoms with Gasteiger partial charge in [0.05, 0.1) is 18.6 Å². The number of carbonyl (C=O) groups is 4. The molecule has 3 fully saturated rings. The van der Waals surface area contributed by atoms with Crippen molar-refractivity contribution in [2.75, 3.05) is 7.11 Å². The number of ether oxygens (including phenoxy) is 3. The first-order valence-electron chi connectivity index (χ1n) is 12.6. The number of hydrogen-bond donors (Lipinski definition) is 0. The molecule has 35 heavy (non-hydrogen) atoms. The van der Waals surface area contributed by atoms with Crippen LogP contribution < -0.4 is 0 Å². The first-order valence-corrected chi connectivity index (χ1v) is 12.6. The molecule has 7 heteroatoms. The fourth-order valence-electron chi connectivity index (χ4n) is 7.11. The lowest BCUT2D eigenvalue weighted by atomic mass is 9.51. The fraction of sp³-hybridized carbons (Fsp3) is 0.643. The molecule has 0 spiro atoms. The molecule has 0 radical (unpaired) electrons. The number of Topliss-reactive ketones (excluding diaryl/α,β-unsaturated/α-hetero) is 1. The van der Waals surface area contributed by atoms with Gasteiger partial charge in [0.25, 0.3) is 0 Å². The predicted molar refractivity (Wildman–Crippen MR) is 127 cm³/mol. The summed E-state index contributed by atoms with van der Waals surface area (Å²) in [4.78, 5) is 50.8. The van der Waals surface area contributed by atoms with Crippen molar-refractivity contribution in [2.24, 2.45) is 28.6 Å². The molecule has 0 N–H and O–H groups in total. The molecule has 190 valence electrons. The van der Waals surface area contributed by atoms with E-state index in [0.717, 1.165) is 12.8 Å². The summed E-state index contributed by atoms with van der Waals surface area (Å²) in [6, 6.07) is 8.95. The van der Waals surface area contributed by atoms with Gasteiger partial charge in [-0.05, 0) is 62.5 Å². The van der Waals surface area contributed by atoms with Crippen LogP contribution in [0.3, 0.4) is 0 Å². The third-order valence-corrected chi connectivity index (χ3v) is 9.10. The maximum absolute atomic E-state index is 13.4. The van der Waals surface area contributed by atoms with E-state index < -0.39 is 17.4 Å². The Morgan fingerprint density at radius 2 is 1.63 bits per heavy atom. The van der Waals surface area contributed by atoms with Gasteiger partial charge in [-0.25, -0.2) is 4.79 Å². The first-order chi connectivity index (χ1) is 16.6. The van der Waals surface area contributed by atoms with Crippen LogP contribution in [0.4, 0.5) is 0 Å². The van der Waals surface area contributed by atoms with E-state index in [1.807, 2.05) is 25.1 Å². The highest BCUT2D eigenvalue weighted by Gasteiger charge is 2.62. The highest BCUT2D eigenvalue weighted by Crippen LogP contribution is 2.61. The Morgan fingerprint density at radius 3 is 2.26 bits per heavy atom. The number of hydrogen-bond acceptors (Lipinski definition) is 7. The smallest absolute Gasteiger partial charge is 0.338 e. The monoisotopic (exact) mass is 484 g/mol. The third kappa shape index (κ3) is 4.62. The summed E-state index contributed by atoms with van der Waals surface area (Å²) >= 11 is 0. The van der Waals surface area contributed by atoms with Gasteiger partial charge in [-0.3, -0.25) is 14.4 Å². The molecule has 0 aliphatic heterocycles. The van der Waals surface area contributed by atoms with Crippen LogP contribution in [0.25, 0.3) is 0 Å². The van der Waals surface area contributed by atoms with Crippen molar-refractivity contribution in [1.82, 2.24) is 0 Å². The van der Waals surface area contributed by atoms with Gasteiger partial charge in [-0.15, -0.1) is 0 Å². The van der Waals surface area contributed by atoms with Gasteiger partial charge in [0.15, 0.2) is 0 Å². The molecular weight excluding hydrogens is 448 g/mol. The number of rotatable bonds is 5. The van der Waals surface area contributed by atoms with Gasteiger partial charge in [-0.1, -0.05) is 32.0 Å². The van der Waals surface area contributed by atoms with Gasteiger partial charge in [0, 0.05) is 24.2 Å². The van der Waals surface area contributed by atoms with E-state index in [-0.39, 0.29) is 53.5 Å². The Bertz CT molecular complexity index is 988. The van der Waals surface area contributed by atoms with Crippen LogP contribution in [0.5, 0.6) is 0 Å². The lowest BCUT2D eigenvalue weighted by Crippen LogP contribution is -2.54. The van der Waals surface area contributed by atoms with Crippen LogP contribution in [0.1, 0.15) is 76.1 Å². The summed E-state index contributed by atoms with van der Waals surface area (Å²) in [6.45, 7) is 5.43. The molecule has 1 aromatic rings. The van der Waals surface area contributed by atoms with Gasteiger partial charge >= 0.3 is 17.9 Å². The molecule has 4 rings (SSSR count). The number of ketones is 1. The lowest BCUT2D eigenvalue weighted by molar-refractivity contribution is -0.167. The van der Waals surface area contributed by atoms with E-state index in [4.69, 9.17) is 14.2 Å². The Labute approximate surface area is 206 Å². The molecule has 0 aromatic heterocycles. The van der Waals surface area contributed by atoms with E-state index in [1.165, 1.54) is 14.0 Å². The topological polar surface area (TPSA) is 96.0 Å². The van der Waals surface area contributed by atoms with Crippen molar-refractivity contribution >= 4 is 23.7 Å². The zero-order valence-electron chi connectivity index (χ0n) is 21.1. The van der Waals surface area contributed by atoms with Crippen LogP contribution in [-0.4, -0.2) is 43.0 Å². The first kappa shape index (κ1) is 25.4. The maximum atomic E-state index is 13.4. The minimum Gasteiger partial charge on any atom is -0.469 e. The second kappa shape index (κ2) is 9.75. The maximum Gasteiger partial charge on any atom is 0.338 e. The molecular formula is C28H36O7. The standard InChI is InChI=1S/C28H36O7/c1-17(29)34-19-12-14-27(2,22(30)16-19)21-13-15-28(3)20(24(21)26(32)33-4)10-11-23(28)35-25(31)18-8-6-5-7-9-18/h5-9,19-21,23-24H,10-16H2,1-4H3/t19-,20+,21+,23+,24-,27-,28-/m0/s1. The number of methoxy groups -OCH3 is 1. The van der Waals surface area contributed by atoms with Gasteiger partial charge < -0.3 is 14.2 Å². The zero-order valence-corrected chi connectivity index (χ0v) is 21.1. The van der Waals surface area contributed by atoms with Crippen molar-refractivity contribution in [3.05, 3.63) is 35.9 Å². The summed E-state index contributed by atoms with van der Waals surface area (Å²) in [6.07, 6.45) is 3.51. The van der Waals surface area contributed by atoms with Crippen molar-refractivity contribution in [2.45, 2.75) is 77.9 Å². The molecule has 7 atom stereocenters. The van der Waals surface area contributed by atoms with Crippen molar-refractivity contribution in [3.63, 3.8) is 0 Å². The minimum absolute atomic E-state index is 0.0434. The summed E-state index contributed by atoms with van der Waals surface area (Å²) in [5.41, 5.74) is -0.538. The van der Waals surface area contributed by atoms with Crippen LogP contribution in [-0.2, 0) is 28.6 Å². The lowest BCUT2D eigenvalue weighted by Gasteiger charge is -2.52. The number of benzene rings is 1. The van der Waals surface area contributed by atoms with Gasteiger partial charge in [0.2, 0.25) is 0 Å². The van der Waals surface area contributed by atoms with Gasteiger partial charge in [-0.2, -0.15) is 0 Å². The Kier molecular flexibility index (Phi) is 7.07. The molecule has 7 nitrogen and oxygen atoms in total. The molecule has 3 aliphatic rings. The molecule has 0 amide bonds. The van der Waals surface area contributed by atoms with Crippen LogP contribution in [0, 0.1) is 28.6 Å². The number of carbonyl (C=O) groups excluding carboxylic acids is 4. The average molecular weight is 485 g/mol. The summed E-state index contributed by atoms with van der Waals surface area (Å²) < 4.78 is 16.6. The SMILES string of the molecule is COC(=O)[C@H]1[C@H]2CC[C@@H](OC(=O)c3ccccc3)[C@@]2(C)CC[C@H]1[C@]1(C)CC[C@H](OC(C)=O)CC1=O. The van der Waals surface area contributed by atoms with Crippen molar-refractivity contribution in [1.29, 1.82) is 0 Å². The largest absolute Gasteiger partial charge is 0.469 e. The molecule has 1 aromatic carbocycles. The quantitative estimate of drug-likeness (QED) is 0.448. The second-order valence-corrected chi connectivity index (χ2v) is 11.0. The van der Waals surface area contributed by atoms with E-state index >= 15 is 0 Å². The summed E-state index contributed by atoms with van der Waals surface area (Å²) in [5, 5.41) is 0. The average Bonchev–Trinajstić information content (AvgIpc) is 3.16. The predicted octanol–water partition coefficient (Wildman–Crippen LogP) is 4.52. The molecule has 0 saturated heterocycles. The molecule has 0 heterocycles. The summed E-state index contributed by atoms with van der Waals surface area (Å²) in [5.74, 6) is -1.63. The van der Waals surface area contributed by atoms with Crippen LogP contribution in [0.15, 0.2) is 30.3 Å². The summed E-state index contributed by atoms with van der Waals surface area (Å²) in [7, 11) is 1.40. The van der Waals surface area contributed by atoms with Gasteiger partial charge in [0.1, 0.15) is 18.0 Å². The Hall–Kier alpha value is -2.70.